The van der Waals surface area contributed by atoms with Gasteiger partial charge in [-0.15, -0.1) is 0 Å². The van der Waals surface area contributed by atoms with E-state index in [2.05, 4.69) is 5.32 Å². The van der Waals surface area contributed by atoms with Gasteiger partial charge < -0.3 is 24.3 Å². The van der Waals surface area contributed by atoms with Crippen molar-refractivity contribution in [2.24, 2.45) is 0 Å². The molecule has 2 aromatic carbocycles. The Morgan fingerprint density at radius 3 is 2.52 bits per heavy atom. The fourth-order valence-electron chi connectivity index (χ4n) is 3.44. The first kappa shape index (κ1) is 20.6. The normalized spacial score (nSPS) is 17.2. The number of carbonyl (C=O) groups excluding carboxylic acids is 1. The number of ether oxygens (including phenoxy) is 4. The van der Waals surface area contributed by atoms with Crippen LogP contribution >= 0.6 is 0 Å². The van der Waals surface area contributed by atoms with Gasteiger partial charge in [0, 0.05) is 18.1 Å². The molecule has 1 heterocycles. The second kappa shape index (κ2) is 8.47. The third-order valence-corrected chi connectivity index (χ3v) is 4.83. The number of hydrogen-bond acceptors (Lipinski definition) is 5. The van der Waals surface area contributed by atoms with Crippen molar-refractivity contribution in [3.05, 3.63) is 53.6 Å². The number of fused-ring (bicyclic) bond motifs is 1. The van der Waals surface area contributed by atoms with Crippen molar-refractivity contribution in [1.29, 1.82) is 0 Å². The minimum atomic E-state index is -0.382. The zero-order valence-electron chi connectivity index (χ0n) is 17.4. The van der Waals surface area contributed by atoms with Gasteiger partial charge in [0.15, 0.2) is 11.5 Å². The monoisotopic (exact) mass is 397 g/mol. The molecule has 1 aliphatic rings. The van der Waals surface area contributed by atoms with Crippen LogP contribution in [0.15, 0.2) is 42.5 Å². The molecule has 29 heavy (non-hydrogen) atoms. The summed E-state index contributed by atoms with van der Waals surface area (Å²) in [5, 5.41) is 3.09. The zero-order valence-corrected chi connectivity index (χ0v) is 17.4. The topological polar surface area (TPSA) is 66.0 Å². The van der Waals surface area contributed by atoms with Gasteiger partial charge >= 0.3 is 0 Å². The van der Waals surface area contributed by atoms with Crippen LogP contribution in [0.5, 0.6) is 23.0 Å². The van der Waals surface area contributed by atoms with Crippen LogP contribution in [0.2, 0.25) is 0 Å². The van der Waals surface area contributed by atoms with Gasteiger partial charge in [-0.3, -0.25) is 4.79 Å². The van der Waals surface area contributed by atoms with Crippen LogP contribution < -0.4 is 24.3 Å². The second-order valence-corrected chi connectivity index (χ2v) is 7.48. The van der Waals surface area contributed by atoms with Crippen molar-refractivity contribution < 1.29 is 23.7 Å². The molecule has 1 amide bonds. The minimum absolute atomic E-state index is 0.175. The number of rotatable bonds is 6. The van der Waals surface area contributed by atoms with Gasteiger partial charge in [-0.05, 0) is 55.8 Å². The lowest BCUT2D eigenvalue weighted by Gasteiger charge is -2.37. The van der Waals surface area contributed by atoms with Crippen LogP contribution in [0.4, 0.5) is 0 Å². The molecule has 1 aliphatic heterocycles. The van der Waals surface area contributed by atoms with Gasteiger partial charge in [-0.1, -0.05) is 6.07 Å². The molecule has 0 saturated carbocycles. The molecular formula is C23H27NO5. The maximum atomic E-state index is 12.6. The number of benzene rings is 2. The Morgan fingerprint density at radius 2 is 1.83 bits per heavy atom. The van der Waals surface area contributed by atoms with Crippen LogP contribution in [-0.4, -0.2) is 32.8 Å². The Balaban J connectivity index is 1.77. The quantitative estimate of drug-likeness (QED) is 0.742. The van der Waals surface area contributed by atoms with Crippen molar-refractivity contribution in [3.63, 3.8) is 0 Å². The summed E-state index contributed by atoms with van der Waals surface area (Å²) in [5.41, 5.74) is 1.37. The van der Waals surface area contributed by atoms with Crippen molar-refractivity contribution in [2.75, 3.05) is 21.3 Å². The molecule has 1 atom stereocenters. The smallest absolute Gasteiger partial charge is 0.244 e. The second-order valence-electron chi connectivity index (χ2n) is 7.48. The average molecular weight is 397 g/mol. The molecular weight excluding hydrogens is 370 g/mol. The van der Waals surface area contributed by atoms with Gasteiger partial charge in [0.1, 0.15) is 17.1 Å². The summed E-state index contributed by atoms with van der Waals surface area (Å²) in [6.45, 7) is 4.03. The highest BCUT2D eigenvalue weighted by atomic mass is 16.5. The number of hydrogen-bond donors (Lipinski definition) is 1. The van der Waals surface area contributed by atoms with Crippen LogP contribution in [0.3, 0.4) is 0 Å². The Hall–Kier alpha value is -3.15. The van der Waals surface area contributed by atoms with E-state index in [4.69, 9.17) is 18.9 Å². The molecule has 0 spiro atoms. The van der Waals surface area contributed by atoms with Crippen LogP contribution in [0.1, 0.15) is 37.4 Å². The van der Waals surface area contributed by atoms with Gasteiger partial charge in [0.05, 0.1) is 27.4 Å². The highest BCUT2D eigenvalue weighted by Crippen LogP contribution is 2.41. The van der Waals surface area contributed by atoms with Crippen molar-refractivity contribution in [2.45, 2.75) is 31.9 Å². The molecule has 6 heteroatoms. The summed E-state index contributed by atoms with van der Waals surface area (Å²) < 4.78 is 21.9. The Bertz CT molecular complexity index is 919. The van der Waals surface area contributed by atoms with E-state index >= 15 is 0 Å². The van der Waals surface area contributed by atoms with Gasteiger partial charge in [0.25, 0.3) is 0 Å². The summed E-state index contributed by atoms with van der Waals surface area (Å²) in [6.07, 6.45) is 3.92. The van der Waals surface area contributed by atoms with E-state index in [1.165, 1.54) is 6.08 Å². The van der Waals surface area contributed by atoms with Gasteiger partial charge in [0.2, 0.25) is 5.91 Å². The van der Waals surface area contributed by atoms with Crippen LogP contribution in [0, 0.1) is 0 Å². The van der Waals surface area contributed by atoms with Gasteiger partial charge in [-0.25, -0.2) is 0 Å². The molecule has 0 aliphatic carbocycles. The standard InChI is InChI=1S/C23H27NO5/c1-23(2)14-18(17-13-16(26-3)8-10-19(17)29-23)24-22(25)11-7-15-6-9-20(27-4)21(12-15)28-5/h6-13,18H,14H2,1-5H3,(H,24,25)/b11-7+/t18-/m1/s1. The first-order valence-electron chi connectivity index (χ1n) is 9.43. The molecule has 2 aromatic rings. The summed E-state index contributed by atoms with van der Waals surface area (Å²) in [4.78, 5) is 12.6. The molecule has 1 N–H and O–H groups in total. The highest BCUT2D eigenvalue weighted by Gasteiger charge is 2.34. The van der Waals surface area contributed by atoms with Gasteiger partial charge in [-0.2, -0.15) is 0 Å². The minimum Gasteiger partial charge on any atom is -0.497 e. The highest BCUT2D eigenvalue weighted by molar-refractivity contribution is 5.92. The van der Waals surface area contributed by atoms with Crippen molar-refractivity contribution in [1.82, 2.24) is 5.32 Å². The molecule has 154 valence electrons. The molecule has 0 bridgehead atoms. The molecule has 0 fully saturated rings. The molecule has 0 aromatic heterocycles. The predicted octanol–water partition coefficient (Wildman–Crippen LogP) is 4.14. The van der Waals surface area contributed by atoms with Crippen molar-refractivity contribution >= 4 is 12.0 Å². The maximum Gasteiger partial charge on any atom is 0.244 e. The maximum absolute atomic E-state index is 12.6. The average Bonchev–Trinajstić information content (AvgIpc) is 2.71. The lowest BCUT2D eigenvalue weighted by molar-refractivity contribution is -0.117. The largest absolute Gasteiger partial charge is 0.497 e. The number of nitrogens with one attached hydrogen (secondary N) is 1. The molecule has 0 radical (unpaired) electrons. The number of amides is 1. The third kappa shape index (κ3) is 4.83. The number of methoxy groups -OCH3 is 3. The summed E-state index contributed by atoms with van der Waals surface area (Å²) in [6, 6.07) is 11.0. The molecule has 6 nitrogen and oxygen atoms in total. The van der Waals surface area contributed by atoms with Crippen molar-refractivity contribution in [3.8, 4) is 23.0 Å². The molecule has 0 unspecified atom stereocenters. The van der Waals surface area contributed by atoms with E-state index in [9.17, 15) is 4.79 Å². The third-order valence-electron chi connectivity index (χ3n) is 4.83. The fraction of sp³-hybridized carbons (Fsp3) is 0.348. The predicted molar refractivity (Wildman–Crippen MR) is 112 cm³/mol. The summed E-state index contributed by atoms with van der Waals surface area (Å²) in [7, 11) is 4.79. The lowest BCUT2D eigenvalue weighted by atomic mass is 9.89. The van der Waals surface area contributed by atoms with Crippen LogP contribution in [0.25, 0.3) is 6.08 Å². The summed E-state index contributed by atoms with van der Waals surface area (Å²) >= 11 is 0. The fourth-order valence-corrected chi connectivity index (χ4v) is 3.44. The van der Waals surface area contributed by atoms with E-state index < -0.39 is 0 Å². The van der Waals surface area contributed by atoms with Crippen LogP contribution in [-0.2, 0) is 4.79 Å². The Labute approximate surface area is 171 Å². The van der Waals surface area contributed by atoms with E-state index in [0.717, 1.165) is 22.6 Å². The summed E-state index contributed by atoms with van der Waals surface area (Å²) in [5.74, 6) is 2.56. The first-order chi connectivity index (χ1) is 13.8. The van der Waals surface area contributed by atoms with E-state index in [1.807, 2.05) is 44.2 Å². The lowest BCUT2D eigenvalue weighted by Crippen LogP contribution is -2.40. The van der Waals surface area contributed by atoms with E-state index in [-0.39, 0.29) is 17.6 Å². The SMILES string of the molecule is COc1ccc2c(c1)[C@H](NC(=O)/C=C/c1ccc(OC)c(OC)c1)CC(C)(C)O2. The Kier molecular flexibility index (Phi) is 6.01. The zero-order chi connectivity index (χ0) is 21.0. The molecule has 3 rings (SSSR count). The van der Waals surface area contributed by atoms with E-state index in [1.54, 1.807) is 33.5 Å². The first-order valence-corrected chi connectivity index (χ1v) is 9.43. The number of carbonyl (C=O) groups is 1. The Morgan fingerprint density at radius 1 is 1.07 bits per heavy atom. The molecule has 0 saturated heterocycles. The van der Waals surface area contributed by atoms with E-state index in [0.29, 0.717) is 17.9 Å².